The molecule has 2 rings (SSSR count). The number of hydrogen-bond donors (Lipinski definition) is 3. The number of alkyl halides is 2. The van der Waals surface area contributed by atoms with Gasteiger partial charge in [-0.15, -0.1) is 0 Å². The molecule has 0 aromatic carbocycles. The SMILES string of the molecule is C[C@]1(O)CC2CC1CC2COC(O)C(F)(F)S(=O)(=O)O. The molecule has 6 nitrogen and oxygen atoms in total. The summed E-state index contributed by atoms with van der Waals surface area (Å²) in [5.41, 5.74) is -0.752. The molecule has 118 valence electrons. The Bertz CT molecular complexity index is 477. The molecule has 0 aliphatic heterocycles. The summed E-state index contributed by atoms with van der Waals surface area (Å²) in [7, 11) is -5.72. The van der Waals surface area contributed by atoms with Crippen LogP contribution < -0.4 is 0 Å². The number of hydrogen-bond acceptors (Lipinski definition) is 5. The van der Waals surface area contributed by atoms with Gasteiger partial charge < -0.3 is 14.9 Å². The average Bonchev–Trinajstić information content (AvgIpc) is 2.79. The van der Waals surface area contributed by atoms with E-state index in [2.05, 4.69) is 4.74 Å². The number of aliphatic hydroxyl groups is 2. The normalized spacial score (nSPS) is 39.2. The van der Waals surface area contributed by atoms with Crippen molar-refractivity contribution >= 4 is 10.1 Å². The Balaban J connectivity index is 1.89. The van der Waals surface area contributed by atoms with Crippen LogP contribution in [0.15, 0.2) is 0 Å². The highest BCUT2D eigenvalue weighted by Crippen LogP contribution is 2.53. The van der Waals surface area contributed by atoms with Gasteiger partial charge in [0, 0.05) is 0 Å². The Labute approximate surface area is 115 Å². The summed E-state index contributed by atoms with van der Waals surface area (Å²) in [5, 5.41) is 14.3. The topological polar surface area (TPSA) is 104 Å². The molecule has 0 spiro atoms. The van der Waals surface area contributed by atoms with Crippen molar-refractivity contribution in [3.8, 4) is 0 Å². The highest BCUT2D eigenvalue weighted by Gasteiger charge is 2.54. The van der Waals surface area contributed by atoms with Gasteiger partial charge in [0.1, 0.15) is 0 Å². The molecule has 5 atom stereocenters. The Morgan fingerprint density at radius 1 is 1.45 bits per heavy atom. The van der Waals surface area contributed by atoms with Crippen LogP contribution in [0, 0.1) is 17.8 Å². The van der Waals surface area contributed by atoms with Crippen molar-refractivity contribution in [2.24, 2.45) is 17.8 Å². The summed E-state index contributed by atoms with van der Waals surface area (Å²) in [6.45, 7) is 1.50. The van der Waals surface area contributed by atoms with Crippen LogP contribution in [-0.2, 0) is 14.9 Å². The van der Waals surface area contributed by atoms with Crippen molar-refractivity contribution in [3.05, 3.63) is 0 Å². The van der Waals surface area contributed by atoms with E-state index < -0.39 is 27.3 Å². The smallest absolute Gasteiger partial charge is 0.390 e. The molecule has 20 heavy (non-hydrogen) atoms. The molecule has 4 unspecified atom stereocenters. The summed E-state index contributed by atoms with van der Waals surface area (Å²) in [4.78, 5) is 0. The molecule has 0 saturated heterocycles. The molecule has 9 heteroatoms. The third-order valence-corrected chi connectivity index (χ3v) is 5.39. The molecular formula is C11H18F2O6S. The van der Waals surface area contributed by atoms with Crippen LogP contribution in [0.25, 0.3) is 0 Å². The van der Waals surface area contributed by atoms with Crippen molar-refractivity contribution in [2.45, 2.75) is 43.3 Å². The lowest BCUT2D eigenvalue weighted by atomic mass is 9.80. The zero-order valence-electron chi connectivity index (χ0n) is 10.9. The largest absolute Gasteiger partial charge is 0.418 e. The summed E-state index contributed by atoms with van der Waals surface area (Å²) in [6, 6.07) is 0. The fourth-order valence-electron chi connectivity index (χ4n) is 3.31. The first-order valence-corrected chi connectivity index (χ1v) is 7.76. The lowest BCUT2D eigenvalue weighted by Gasteiger charge is -2.33. The number of aliphatic hydroxyl groups excluding tert-OH is 1. The fourth-order valence-corrected chi connectivity index (χ4v) is 3.63. The molecule has 2 aliphatic rings. The standard InChI is InChI=1S/C11H18F2O6S/c1-10(15)4-6-2-8(10)3-7(6)5-19-9(14)11(12,13)20(16,17)18/h6-9,14-15H,2-5H2,1H3,(H,16,17,18)/t6?,7?,8?,9?,10-/m0/s1. The fraction of sp³-hybridized carbons (Fsp3) is 1.00. The minimum Gasteiger partial charge on any atom is -0.390 e. The van der Waals surface area contributed by atoms with Gasteiger partial charge in [0.2, 0.25) is 6.29 Å². The predicted molar refractivity (Wildman–Crippen MR) is 63.4 cm³/mol. The van der Waals surface area contributed by atoms with Gasteiger partial charge in [-0.25, -0.2) is 0 Å². The summed E-state index contributed by atoms with van der Waals surface area (Å²) in [6.07, 6.45) is -1.01. The van der Waals surface area contributed by atoms with Gasteiger partial charge in [0.05, 0.1) is 12.2 Å². The first-order valence-electron chi connectivity index (χ1n) is 6.32. The van der Waals surface area contributed by atoms with Crippen molar-refractivity contribution in [1.82, 2.24) is 0 Å². The third kappa shape index (κ3) is 2.69. The Hall–Kier alpha value is -0.350. The molecule has 2 aliphatic carbocycles. The molecular weight excluding hydrogens is 298 g/mol. The van der Waals surface area contributed by atoms with Crippen molar-refractivity contribution < 1.29 is 36.7 Å². The zero-order chi connectivity index (χ0) is 15.3. The van der Waals surface area contributed by atoms with Crippen LogP contribution in [0.3, 0.4) is 0 Å². The van der Waals surface area contributed by atoms with E-state index in [1.807, 2.05) is 0 Å². The van der Waals surface area contributed by atoms with Crippen LogP contribution >= 0.6 is 0 Å². The van der Waals surface area contributed by atoms with E-state index in [-0.39, 0.29) is 24.4 Å². The summed E-state index contributed by atoms with van der Waals surface area (Å²) < 4.78 is 59.8. The molecule has 0 aromatic rings. The molecule has 2 fully saturated rings. The minimum atomic E-state index is -5.72. The predicted octanol–water partition coefficient (Wildman–Crippen LogP) is 0.599. The van der Waals surface area contributed by atoms with Crippen LogP contribution in [0.4, 0.5) is 8.78 Å². The van der Waals surface area contributed by atoms with Crippen molar-refractivity contribution in [1.29, 1.82) is 0 Å². The third-order valence-electron chi connectivity index (χ3n) is 4.50. The molecule has 2 bridgehead atoms. The second-order valence-corrected chi connectivity index (χ2v) is 7.47. The quantitative estimate of drug-likeness (QED) is 0.507. The second-order valence-electron chi connectivity index (χ2n) is 5.97. The average molecular weight is 316 g/mol. The molecule has 2 saturated carbocycles. The lowest BCUT2D eigenvalue weighted by molar-refractivity contribution is -0.205. The highest BCUT2D eigenvalue weighted by atomic mass is 32.2. The van der Waals surface area contributed by atoms with Crippen LogP contribution in [0.2, 0.25) is 0 Å². The summed E-state index contributed by atoms with van der Waals surface area (Å²) >= 11 is 0. The molecule has 0 heterocycles. The second kappa shape index (κ2) is 4.84. The van der Waals surface area contributed by atoms with Crippen LogP contribution in [-0.4, -0.2) is 46.9 Å². The van der Waals surface area contributed by atoms with E-state index in [0.29, 0.717) is 12.8 Å². The van der Waals surface area contributed by atoms with Gasteiger partial charge in [-0.05, 0) is 43.9 Å². The first kappa shape index (κ1) is 16.0. The Kier molecular flexibility index (Phi) is 3.88. The van der Waals surface area contributed by atoms with Gasteiger partial charge in [-0.3, -0.25) is 4.55 Å². The van der Waals surface area contributed by atoms with E-state index in [0.717, 1.165) is 6.42 Å². The number of fused-ring (bicyclic) bond motifs is 2. The number of rotatable bonds is 5. The highest BCUT2D eigenvalue weighted by molar-refractivity contribution is 7.86. The number of halogens is 2. The van der Waals surface area contributed by atoms with Gasteiger partial charge in [-0.2, -0.15) is 17.2 Å². The number of ether oxygens (including phenoxy) is 1. The Morgan fingerprint density at radius 2 is 2.05 bits per heavy atom. The molecule has 0 radical (unpaired) electrons. The lowest BCUT2D eigenvalue weighted by Crippen LogP contribution is -2.44. The Morgan fingerprint density at radius 3 is 2.45 bits per heavy atom. The van der Waals surface area contributed by atoms with Gasteiger partial charge in [0.25, 0.3) is 0 Å². The maximum atomic E-state index is 13.1. The van der Waals surface area contributed by atoms with E-state index in [1.54, 1.807) is 6.92 Å². The minimum absolute atomic E-state index is 0.0697. The van der Waals surface area contributed by atoms with E-state index >= 15 is 0 Å². The van der Waals surface area contributed by atoms with Crippen LogP contribution in [0.1, 0.15) is 26.2 Å². The maximum absolute atomic E-state index is 13.1. The monoisotopic (exact) mass is 316 g/mol. The van der Waals surface area contributed by atoms with E-state index in [4.69, 9.17) is 9.66 Å². The molecule has 0 amide bonds. The molecule has 0 aromatic heterocycles. The van der Waals surface area contributed by atoms with Crippen molar-refractivity contribution in [3.63, 3.8) is 0 Å². The summed E-state index contributed by atoms with van der Waals surface area (Å²) in [5.74, 6) is 0.0777. The van der Waals surface area contributed by atoms with Gasteiger partial charge in [0.15, 0.2) is 0 Å². The first-order chi connectivity index (χ1) is 8.95. The van der Waals surface area contributed by atoms with Crippen molar-refractivity contribution in [2.75, 3.05) is 6.61 Å². The zero-order valence-corrected chi connectivity index (χ0v) is 11.7. The van der Waals surface area contributed by atoms with E-state index in [1.165, 1.54) is 0 Å². The molecule has 3 N–H and O–H groups in total. The van der Waals surface area contributed by atoms with Crippen LogP contribution in [0.5, 0.6) is 0 Å². The van der Waals surface area contributed by atoms with E-state index in [9.17, 15) is 22.3 Å². The maximum Gasteiger partial charge on any atom is 0.418 e. The van der Waals surface area contributed by atoms with Gasteiger partial charge in [-0.1, -0.05) is 0 Å². The van der Waals surface area contributed by atoms with Gasteiger partial charge >= 0.3 is 15.4 Å².